The molecule has 9 nitrogen and oxygen atoms in total. The number of carbonyl (C=O) groups excluding carboxylic acids is 4. The van der Waals surface area contributed by atoms with Gasteiger partial charge in [-0.1, -0.05) is 0 Å². The van der Waals surface area contributed by atoms with E-state index in [9.17, 15) is 19.2 Å². The van der Waals surface area contributed by atoms with Gasteiger partial charge in [-0.05, 0) is 44.0 Å². The number of quaternary nitrogens is 1. The molecule has 1 aromatic rings. The molecule has 0 aromatic heterocycles. The molecular weight excluding hydrogens is 366 g/mol. The fraction of sp³-hybridized carbons (Fsp3) is 0.474. The van der Waals surface area contributed by atoms with E-state index in [-0.39, 0.29) is 18.6 Å². The minimum Gasteiger partial charge on any atom is -0.497 e. The quantitative estimate of drug-likeness (QED) is 0.411. The third kappa shape index (κ3) is 3.84. The van der Waals surface area contributed by atoms with Crippen LogP contribution < -0.4 is 14.5 Å². The highest BCUT2D eigenvalue weighted by Gasteiger charge is 2.47. The van der Waals surface area contributed by atoms with Crippen LogP contribution >= 0.6 is 0 Å². The van der Waals surface area contributed by atoms with Crippen molar-refractivity contribution < 1.29 is 33.6 Å². The van der Waals surface area contributed by atoms with Crippen molar-refractivity contribution in [3.63, 3.8) is 0 Å². The van der Waals surface area contributed by atoms with Gasteiger partial charge in [-0.25, -0.2) is 14.6 Å². The van der Waals surface area contributed by atoms with E-state index in [1.807, 2.05) is 0 Å². The lowest BCUT2D eigenvalue weighted by atomic mass is 9.98. The largest absolute Gasteiger partial charge is 0.497 e. The lowest BCUT2D eigenvalue weighted by Gasteiger charge is -2.30. The van der Waals surface area contributed by atoms with E-state index in [0.717, 1.165) is 27.5 Å². The number of methoxy groups -OCH3 is 1. The molecule has 1 unspecified atom stereocenters. The van der Waals surface area contributed by atoms with Gasteiger partial charge in [0.25, 0.3) is 0 Å². The van der Waals surface area contributed by atoms with Crippen LogP contribution in [0.25, 0.3) is 0 Å². The van der Waals surface area contributed by atoms with E-state index >= 15 is 0 Å². The lowest BCUT2D eigenvalue weighted by molar-refractivity contribution is -0.914. The number of anilines is 1. The average molecular weight is 390 g/mol. The second kappa shape index (κ2) is 8.39. The van der Waals surface area contributed by atoms with Gasteiger partial charge in [-0.2, -0.15) is 0 Å². The molecule has 0 radical (unpaired) electrons. The van der Waals surface area contributed by atoms with Gasteiger partial charge in [-0.15, -0.1) is 0 Å². The zero-order valence-electron chi connectivity index (χ0n) is 16.0. The SMILES string of the molecule is CCOC(=O)[C@H]1CCC[NH+](CN2C(=O)C(=O)N(c3ccc(OC)cc3)C2=O)C1. The molecule has 0 aliphatic carbocycles. The van der Waals surface area contributed by atoms with Crippen molar-refractivity contribution in [2.24, 2.45) is 5.92 Å². The Kier molecular flexibility index (Phi) is 5.93. The van der Waals surface area contributed by atoms with E-state index < -0.39 is 17.8 Å². The highest BCUT2D eigenvalue weighted by molar-refractivity contribution is 6.52. The van der Waals surface area contributed by atoms with E-state index in [1.165, 1.54) is 7.11 Å². The number of amides is 4. The maximum Gasteiger partial charge on any atom is 0.343 e. The van der Waals surface area contributed by atoms with E-state index in [1.54, 1.807) is 31.2 Å². The molecule has 2 aliphatic rings. The fourth-order valence-corrected chi connectivity index (χ4v) is 3.58. The summed E-state index contributed by atoms with van der Waals surface area (Å²) >= 11 is 0. The number of likely N-dealkylation sites (tertiary alicyclic amines) is 1. The van der Waals surface area contributed by atoms with Crippen LogP contribution in [0, 0.1) is 5.92 Å². The predicted molar refractivity (Wildman–Crippen MR) is 97.6 cm³/mol. The number of imide groups is 2. The molecule has 2 heterocycles. The summed E-state index contributed by atoms with van der Waals surface area (Å²) < 4.78 is 10.1. The molecule has 3 rings (SSSR count). The van der Waals surface area contributed by atoms with Crippen molar-refractivity contribution in [1.82, 2.24) is 4.90 Å². The zero-order valence-corrected chi connectivity index (χ0v) is 16.0. The van der Waals surface area contributed by atoms with Gasteiger partial charge in [0, 0.05) is 0 Å². The van der Waals surface area contributed by atoms with Crippen molar-refractivity contribution in [1.29, 1.82) is 0 Å². The summed E-state index contributed by atoms with van der Waals surface area (Å²) in [6.07, 6.45) is 1.51. The van der Waals surface area contributed by atoms with Gasteiger partial charge in [0.1, 0.15) is 11.7 Å². The maximum absolute atomic E-state index is 12.7. The molecule has 4 amide bonds. The number of nitrogens with zero attached hydrogens (tertiary/aromatic N) is 2. The maximum atomic E-state index is 12.7. The van der Waals surface area contributed by atoms with Crippen LogP contribution in [0.1, 0.15) is 19.8 Å². The normalized spacial score (nSPS) is 22.6. The number of piperidine rings is 1. The van der Waals surface area contributed by atoms with Crippen LogP contribution in [0.4, 0.5) is 10.5 Å². The summed E-state index contributed by atoms with van der Waals surface area (Å²) in [7, 11) is 1.51. The van der Waals surface area contributed by atoms with Crippen molar-refractivity contribution in [2.75, 3.05) is 38.4 Å². The Hall–Kier alpha value is -2.94. The minimum absolute atomic E-state index is 0.0476. The second-order valence-electron chi connectivity index (χ2n) is 6.81. The molecule has 150 valence electrons. The first-order valence-electron chi connectivity index (χ1n) is 9.30. The number of hydrogen-bond donors (Lipinski definition) is 1. The third-order valence-corrected chi connectivity index (χ3v) is 5.00. The summed E-state index contributed by atoms with van der Waals surface area (Å²) in [5.74, 6) is -1.67. The summed E-state index contributed by atoms with van der Waals surface area (Å²) in [4.78, 5) is 52.2. The topological polar surface area (TPSA) is 97.7 Å². The summed E-state index contributed by atoms with van der Waals surface area (Å²) in [5.41, 5.74) is 0.310. The number of ether oxygens (including phenoxy) is 2. The zero-order chi connectivity index (χ0) is 20.3. The van der Waals surface area contributed by atoms with Gasteiger partial charge in [0.2, 0.25) is 0 Å². The fourth-order valence-electron chi connectivity index (χ4n) is 3.58. The van der Waals surface area contributed by atoms with Crippen LogP contribution in [-0.4, -0.2) is 62.2 Å². The first kappa shape index (κ1) is 19.8. The molecule has 0 bridgehead atoms. The Balaban J connectivity index is 1.70. The lowest BCUT2D eigenvalue weighted by Crippen LogP contribution is -3.15. The second-order valence-corrected chi connectivity index (χ2v) is 6.81. The predicted octanol–water partition coefficient (Wildman–Crippen LogP) is -0.194. The van der Waals surface area contributed by atoms with Crippen LogP contribution in [0.15, 0.2) is 24.3 Å². The highest BCUT2D eigenvalue weighted by Crippen LogP contribution is 2.24. The number of carbonyl (C=O) groups is 4. The van der Waals surface area contributed by atoms with E-state index in [4.69, 9.17) is 9.47 Å². The minimum atomic E-state index is -0.881. The number of rotatable bonds is 6. The van der Waals surface area contributed by atoms with Crippen molar-refractivity contribution >= 4 is 29.5 Å². The van der Waals surface area contributed by atoms with Crippen molar-refractivity contribution in [2.45, 2.75) is 19.8 Å². The molecule has 2 saturated heterocycles. The molecule has 9 heteroatoms. The van der Waals surface area contributed by atoms with Crippen LogP contribution in [0.5, 0.6) is 5.75 Å². The van der Waals surface area contributed by atoms with Crippen molar-refractivity contribution in [3.8, 4) is 5.75 Å². The third-order valence-electron chi connectivity index (χ3n) is 5.00. The molecule has 2 atom stereocenters. The van der Waals surface area contributed by atoms with Crippen molar-refractivity contribution in [3.05, 3.63) is 24.3 Å². The molecule has 1 N–H and O–H groups in total. The Morgan fingerprint density at radius 1 is 1.18 bits per heavy atom. The molecule has 0 spiro atoms. The molecule has 0 saturated carbocycles. The Bertz CT molecular complexity index is 778. The summed E-state index contributed by atoms with van der Waals surface area (Å²) in [6, 6.07) is 5.66. The smallest absolute Gasteiger partial charge is 0.343 e. The number of urea groups is 1. The van der Waals surface area contributed by atoms with Crippen LogP contribution in [-0.2, 0) is 19.1 Å². The number of benzene rings is 1. The molecule has 2 aliphatic heterocycles. The van der Waals surface area contributed by atoms with Crippen LogP contribution in [0.2, 0.25) is 0 Å². The average Bonchev–Trinajstić information content (AvgIpc) is 2.92. The Morgan fingerprint density at radius 2 is 1.89 bits per heavy atom. The first-order chi connectivity index (χ1) is 13.5. The number of esters is 1. The number of hydrogen-bond acceptors (Lipinski definition) is 6. The monoisotopic (exact) mass is 390 g/mol. The first-order valence-corrected chi connectivity index (χ1v) is 9.30. The number of nitrogens with one attached hydrogen (secondary N) is 1. The molecular formula is C19H24N3O6+. The highest BCUT2D eigenvalue weighted by atomic mass is 16.5. The van der Waals surface area contributed by atoms with Gasteiger partial charge in [0.15, 0.2) is 6.67 Å². The Morgan fingerprint density at radius 3 is 2.54 bits per heavy atom. The van der Waals surface area contributed by atoms with Gasteiger partial charge < -0.3 is 14.4 Å². The van der Waals surface area contributed by atoms with Gasteiger partial charge >= 0.3 is 23.8 Å². The van der Waals surface area contributed by atoms with E-state index in [0.29, 0.717) is 31.1 Å². The molecule has 2 fully saturated rings. The van der Waals surface area contributed by atoms with Gasteiger partial charge in [-0.3, -0.25) is 14.4 Å². The Labute approximate surface area is 162 Å². The van der Waals surface area contributed by atoms with Crippen LogP contribution in [0.3, 0.4) is 0 Å². The molecule has 1 aromatic carbocycles. The van der Waals surface area contributed by atoms with Gasteiger partial charge in [0.05, 0.1) is 32.5 Å². The molecule has 28 heavy (non-hydrogen) atoms. The standard InChI is InChI=1S/C19H23N3O6/c1-3-28-18(25)13-5-4-10-20(11-13)12-21-16(23)17(24)22(19(21)26)14-6-8-15(27-2)9-7-14/h6-9,13H,3-5,10-12H2,1-2H3/p+1/t13-/m0/s1. The van der Waals surface area contributed by atoms with E-state index in [2.05, 4.69) is 0 Å². The summed E-state index contributed by atoms with van der Waals surface area (Å²) in [6.45, 7) is 3.30. The summed E-state index contributed by atoms with van der Waals surface area (Å²) in [5, 5.41) is 0.